The molecule has 196 valence electrons. The Bertz CT molecular complexity index is 1540. The number of ether oxygens (including phenoxy) is 1. The molecule has 2 aromatic carbocycles. The van der Waals surface area contributed by atoms with Gasteiger partial charge in [-0.05, 0) is 60.9 Å². The van der Waals surface area contributed by atoms with E-state index in [4.69, 9.17) is 4.74 Å². The zero-order chi connectivity index (χ0) is 27.3. The van der Waals surface area contributed by atoms with Gasteiger partial charge in [-0.3, -0.25) is 9.78 Å². The largest absolute Gasteiger partial charge is 0.501 e. The fourth-order valence-electron chi connectivity index (χ4n) is 4.24. The van der Waals surface area contributed by atoms with E-state index in [9.17, 15) is 36.0 Å². The van der Waals surface area contributed by atoms with Gasteiger partial charge in [-0.2, -0.15) is 13.2 Å². The van der Waals surface area contributed by atoms with Gasteiger partial charge < -0.3 is 9.64 Å². The summed E-state index contributed by atoms with van der Waals surface area (Å²) in [6, 6.07) is 12.4. The van der Waals surface area contributed by atoms with Crippen LogP contribution >= 0.6 is 0 Å². The molecule has 2 aliphatic rings. The lowest BCUT2D eigenvalue weighted by molar-refractivity contribution is -0.120. The number of imide groups is 1. The summed E-state index contributed by atoms with van der Waals surface area (Å²) in [5.41, 5.74) is -6.27. The molecule has 13 heteroatoms. The van der Waals surface area contributed by atoms with Crippen LogP contribution in [0.5, 0.6) is 5.75 Å². The van der Waals surface area contributed by atoms with Crippen LogP contribution in [-0.4, -0.2) is 47.3 Å². The number of carbonyl (C=O) groups excluding carboxylic acids is 3. The summed E-state index contributed by atoms with van der Waals surface area (Å²) in [5, 5.41) is 0. The van der Waals surface area contributed by atoms with Crippen LogP contribution in [-0.2, 0) is 21.2 Å². The van der Waals surface area contributed by atoms with Crippen molar-refractivity contribution in [3.63, 3.8) is 0 Å². The predicted octanol–water partition coefficient (Wildman–Crippen LogP) is 4.10. The number of sulfone groups is 1. The second-order valence-corrected chi connectivity index (χ2v) is 10.7. The van der Waals surface area contributed by atoms with E-state index in [1.54, 1.807) is 30.3 Å². The predicted molar refractivity (Wildman–Crippen MR) is 126 cm³/mol. The molecular weight excluding hydrogens is 527 g/mol. The number of benzene rings is 2. The smallest absolute Gasteiger partial charge is 0.423 e. The maximum absolute atomic E-state index is 13.4. The van der Waals surface area contributed by atoms with Gasteiger partial charge in [-0.1, -0.05) is 18.2 Å². The van der Waals surface area contributed by atoms with E-state index < -0.39 is 43.7 Å². The molecule has 0 unspecified atom stereocenters. The first kappa shape index (κ1) is 25.4. The number of hydrogen-bond acceptors (Lipinski definition) is 7. The first-order valence-corrected chi connectivity index (χ1v) is 12.7. The average Bonchev–Trinajstić information content (AvgIpc) is 3.66. The molecule has 1 saturated carbocycles. The summed E-state index contributed by atoms with van der Waals surface area (Å²) < 4.78 is 67.3. The molecule has 2 fully saturated rings. The van der Waals surface area contributed by atoms with Crippen molar-refractivity contribution in [1.29, 1.82) is 0 Å². The highest BCUT2D eigenvalue weighted by molar-refractivity contribution is 7.92. The second kappa shape index (κ2) is 8.94. The minimum absolute atomic E-state index is 0.0756. The third kappa shape index (κ3) is 4.18. The number of rotatable bonds is 6. The summed E-state index contributed by atoms with van der Waals surface area (Å²) in [5.74, 6) is -0.989. The number of carbonyl (C=O) groups is 3. The zero-order valence-corrected chi connectivity index (χ0v) is 20.2. The Labute approximate surface area is 214 Å². The number of alkyl halides is 3. The van der Waals surface area contributed by atoms with Gasteiger partial charge in [0.05, 0.1) is 16.1 Å². The molecule has 0 N–H and O–H groups in total. The van der Waals surface area contributed by atoms with Crippen LogP contribution in [0.1, 0.15) is 28.8 Å². The van der Waals surface area contributed by atoms with Crippen LogP contribution in [0.25, 0.3) is 0 Å². The Hall–Kier alpha value is -4.26. The summed E-state index contributed by atoms with van der Waals surface area (Å²) in [6.45, 7) is -0.136. The molecule has 1 aromatic heterocycles. The molecule has 2 heterocycles. The number of aromatic nitrogens is 1. The first-order valence-electron chi connectivity index (χ1n) is 11.2. The van der Waals surface area contributed by atoms with Crippen LogP contribution in [0.4, 0.5) is 23.7 Å². The molecule has 1 aliphatic heterocycles. The van der Waals surface area contributed by atoms with Crippen LogP contribution in [0.2, 0.25) is 0 Å². The van der Waals surface area contributed by atoms with E-state index >= 15 is 0 Å². The van der Waals surface area contributed by atoms with Crippen LogP contribution in [0.3, 0.4) is 0 Å². The maximum atomic E-state index is 13.4. The Morgan fingerprint density at radius 1 is 1.00 bits per heavy atom. The molecule has 3 amide bonds. The molecule has 0 bridgehead atoms. The minimum Gasteiger partial charge on any atom is -0.423 e. The quantitative estimate of drug-likeness (QED) is 0.260. The number of para-hydroxylation sites is 1. The molecular formula is C25H18F3N3O6S. The second-order valence-electron chi connectivity index (χ2n) is 8.72. The van der Waals surface area contributed by atoms with Crippen molar-refractivity contribution in [2.45, 2.75) is 35.3 Å². The molecule has 0 atom stereocenters. The van der Waals surface area contributed by atoms with E-state index in [1.807, 2.05) is 0 Å². The van der Waals surface area contributed by atoms with Crippen molar-refractivity contribution in [3.05, 3.63) is 84.2 Å². The van der Waals surface area contributed by atoms with Gasteiger partial charge in [0.15, 0.2) is 0 Å². The summed E-state index contributed by atoms with van der Waals surface area (Å²) in [7, 11) is -5.59. The standard InChI is InChI=1S/C25H18F3N3O6S/c26-25(27,28)38(35,36)19-8-6-17(7-9-19)31-22(33)24(11-12-24)30(23(31)34)15-16-10-13-29-14-20(16)21(32)37-18-4-2-1-3-5-18/h1-10,13-14H,11-12,15H2. The van der Waals surface area contributed by atoms with E-state index in [0.717, 1.165) is 17.0 Å². The normalized spacial score (nSPS) is 16.7. The maximum Gasteiger partial charge on any atom is 0.501 e. The molecule has 1 aliphatic carbocycles. The van der Waals surface area contributed by atoms with Gasteiger partial charge in [-0.25, -0.2) is 22.9 Å². The van der Waals surface area contributed by atoms with Gasteiger partial charge in [0, 0.05) is 18.9 Å². The molecule has 0 radical (unpaired) electrons. The summed E-state index contributed by atoms with van der Waals surface area (Å²) >= 11 is 0. The highest BCUT2D eigenvalue weighted by atomic mass is 32.2. The van der Waals surface area contributed by atoms with Gasteiger partial charge >= 0.3 is 17.5 Å². The highest BCUT2D eigenvalue weighted by Gasteiger charge is 2.65. The third-order valence-electron chi connectivity index (χ3n) is 6.39. The summed E-state index contributed by atoms with van der Waals surface area (Å²) in [6.07, 6.45) is 3.42. The molecule has 1 spiro atoms. The lowest BCUT2D eigenvalue weighted by Crippen LogP contribution is -2.37. The van der Waals surface area contributed by atoms with Crippen LogP contribution in [0.15, 0.2) is 78.0 Å². The Kier molecular flexibility index (Phi) is 5.97. The van der Waals surface area contributed by atoms with E-state index in [1.165, 1.54) is 23.4 Å². The number of amides is 3. The molecule has 1 saturated heterocycles. The molecule has 38 heavy (non-hydrogen) atoms. The van der Waals surface area contributed by atoms with E-state index in [-0.39, 0.29) is 17.8 Å². The number of esters is 1. The molecule has 5 rings (SSSR count). The SMILES string of the molecule is O=C(Oc1ccccc1)c1cnccc1CN1C(=O)N(c2ccc(S(=O)(=O)C(F)(F)F)cc2)C(=O)C12CC2. The Balaban J connectivity index is 1.41. The minimum atomic E-state index is -5.59. The number of anilines is 1. The third-order valence-corrected chi connectivity index (χ3v) is 7.89. The lowest BCUT2D eigenvalue weighted by atomic mass is 10.1. The number of hydrogen-bond donors (Lipinski definition) is 0. The van der Waals surface area contributed by atoms with Crippen LogP contribution < -0.4 is 9.64 Å². The lowest BCUT2D eigenvalue weighted by Gasteiger charge is -2.22. The van der Waals surface area contributed by atoms with Crippen molar-refractivity contribution in [2.24, 2.45) is 0 Å². The number of urea groups is 1. The van der Waals surface area contributed by atoms with Crippen LogP contribution in [0, 0.1) is 0 Å². The fourth-order valence-corrected chi connectivity index (χ4v) is 5.00. The van der Waals surface area contributed by atoms with Gasteiger partial charge in [-0.15, -0.1) is 0 Å². The van der Waals surface area contributed by atoms with Crippen molar-refractivity contribution < 1.29 is 40.7 Å². The van der Waals surface area contributed by atoms with E-state index in [0.29, 0.717) is 36.3 Å². The fraction of sp³-hybridized carbons (Fsp3) is 0.200. The van der Waals surface area contributed by atoms with Gasteiger partial charge in [0.2, 0.25) is 0 Å². The molecule has 9 nitrogen and oxygen atoms in total. The average molecular weight is 545 g/mol. The molecule has 3 aromatic rings. The Morgan fingerprint density at radius 2 is 1.66 bits per heavy atom. The number of pyridine rings is 1. The topological polar surface area (TPSA) is 114 Å². The van der Waals surface area contributed by atoms with E-state index in [2.05, 4.69) is 4.98 Å². The zero-order valence-electron chi connectivity index (χ0n) is 19.4. The monoisotopic (exact) mass is 545 g/mol. The summed E-state index contributed by atoms with van der Waals surface area (Å²) in [4.78, 5) is 44.5. The first-order chi connectivity index (χ1) is 18.0. The van der Waals surface area contributed by atoms with Crippen molar-refractivity contribution in [2.75, 3.05) is 4.90 Å². The van der Waals surface area contributed by atoms with Crippen molar-refractivity contribution in [1.82, 2.24) is 9.88 Å². The Morgan fingerprint density at radius 3 is 2.26 bits per heavy atom. The van der Waals surface area contributed by atoms with Crippen molar-refractivity contribution >= 4 is 33.4 Å². The van der Waals surface area contributed by atoms with Gasteiger partial charge in [0.25, 0.3) is 15.7 Å². The highest BCUT2D eigenvalue weighted by Crippen LogP contribution is 2.50. The number of halogens is 3. The number of nitrogens with zero attached hydrogens (tertiary/aromatic N) is 3. The van der Waals surface area contributed by atoms with Crippen molar-refractivity contribution in [3.8, 4) is 5.75 Å². The van der Waals surface area contributed by atoms with Gasteiger partial charge in [0.1, 0.15) is 11.3 Å².